The van der Waals surface area contributed by atoms with E-state index in [0.717, 1.165) is 5.56 Å². The van der Waals surface area contributed by atoms with E-state index in [1.165, 1.54) is 7.11 Å². The number of pyridine rings is 1. The van der Waals surface area contributed by atoms with Gasteiger partial charge in [0.15, 0.2) is 5.69 Å². The van der Waals surface area contributed by atoms with Gasteiger partial charge in [-0.2, -0.15) is 0 Å². The number of nitrogens with zero attached hydrogens (tertiary/aromatic N) is 3. The van der Waals surface area contributed by atoms with Gasteiger partial charge in [0.2, 0.25) is 0 Å². The lowest BCUT2D eigenvalue weighted by Crippen LogP contribution is -2.08. The van der Waals surface area contributed by atoms with Gasteiger partial charge in [0.05, 0.1) is 7.11 Å². The smallest absolute Gasteiger partial charge is 0.358 e. The minimum atomic E-state index is -0.497. The summed E-state index contributed by atoms with van der Waals surface area (Å²) in [7, 11) is 1.31. The molecule has 0 unspecified atom stereocenters. The van der Waals surface area contributed by atoms with Gasteiger partial charge in [-0.15, -0.1) is 10.2 Å². The van der Waals surface area contributed by atoms with E-state index in [1.54, 1.807) is 24.5 Å². The predicted octanol–water partition coefficient (Wildman–Crippen LogP) is 1.27. The SMILES string of the molecule is COC(=O)c1ccc(NCc2ccncc2)nn1. The molecule has 0 saturated carbocycles. The molecule has 2 aromatic heterocycles. The summed E-state index contributed by atoms with van der Waals surface area (Å²) in [6.07, 6.45) is 3.45. The molecule has 0 aliphatic heterocycles. The van der Waals surface area contributed by atoms with Crippen LogP contribution in [-0.4, -0.2) is 28.3 Å². The number of methoxy groups -OCH3 is 1. The van der Waals surface area contributed by atoms with Crippen molar-refractivity contribution in [3.8, 4) is 0 Å². The van der Waals surface area contributed by atoms with Crippen molar-refractivity contribution >= 4 is 11.8 Å². The summed E-state index contributed by atoms with van der Waals surface area (Å²) < 4.78 is 4.54. The molecule has 0 fully saturated rings. The first-order valence-electron chi connectivity index (χ1n) is 5.34. The summed E-state index contributed by atoms with van der Waals surface area (Å²) in [4.78, 5) is 15.1. The van der Waals surface area contributed by atoms with Crippen LogP contribution in [0.5, 0.6) is 0 Å². The summed E-state index contributed by atoms with van der Waals surface area (Å²) in [5.41, 5.74) is 1.27. The number of nitrogens with one attached hydrogen (secondary N) is 1. The van der Waals surface area contributed by atoms with Crippen molar-refractivity contribution in [3.63, 3.8) is 0 Å². The Bertz CT molecular complexity index is 513. The van der Waals surface area contributed by atoms with Crippen LogP contribution in [0.1, 0.15) is 16.1 Å². The predicted molar refractivity (Wildman–Crippen MR) is 64.9 cm³/mol. The van der Waals surface area contributed by atoms with E-state index < -0.39 is 5.97 Å². The Labute approximate surface area is 104 Å². The quantitative estimate of drug-likeness (QED) is 0.816. The van der Waals surface area contributed by atoms with E-state index in [1.807, 2.05) is 12.1 Å². The number of hydrogen-bond acceptors (Lipinski definition) is 6. The van der Waals surface area contributed by atoms with E-state index in [2.05, 4.69) is 25.2 Å². The highest BCUT2D eigenvalue weighted by Crippen LogP contribution is 2.05. The van der Waals surface area contributed by atoms with Crippen LogP contribution in [0.2, 0.25) is 0 Å². The molecule has 0 aromatic carbocycles. The molecule has 1 N–H and O–H groups in total. The Morgan fingerprint density at radius 3 is 2.61 bits per heavy atom. The third kappa shape index (κ3) is 3.00. The van der Waals surface area contributed by atoms with Crippen molar-refractivity contribution in [2.75, 3.05) is 12.4 Å². The van der Waals surface area contributed by atoms with Crippen LogP contribution < -0.4 is 5.32 Å². The highest BCUT2D eigenvalue weighted by molar-refractivity contribution is 5.86. The van der Waals surface area contributed by atoms with Gasteiger partial charge in [-0.1, -0.05) is 0 Å². The molecule has 2 aromatic rings. The highest BCUT2D eigenvalue weighted by atomic mass is 16.5. The molecule has 2 rings (SSSR count). The van der Waals surface area contributed by atoms with Gasteiger partial charge in [-0.25, -0.2) is 4.79 Å². The lowest BCUT2D eigenvalue weighted by Gasteiger charge is -2.04. The second kappa shape index (κ2) is 5.72. The second-order valence-electron chi connectivity index (χ2n) is 3.50. The van der Waals surface area contributed by atoms with Crippen molar-refractivity contribution in [3.05, 3.63) is 47.9 Å². The summed E-state index contributed by atoms with van der Waals surface area (Å²) in [6.45, 7) is 0.620. The zero-order chi connectivity index (χ0) is 12.8. The maximum absolute atomic E-state index is 11.2. The van der Waals surface area contributed by atoms with Gasteiger partial charge in [0.25, 0.3) is 0 Å². The molecule has 6 heteroatoms. The van der Waals surface area contributed by atoms with Gasteiger partial charge in [0, 0.05) is 18.9 Å². The summed E-state index contributed by atoms with van der Waals surface area (Å²) in [5, 5.41) is 10.7. The van der Waals surface area contributed by atoms with Gasteiger partial charge in [-0.3, -0.25) is 4.98 Å². The molecule has 2 heterocycles. The van der Waals surface area contributed by atoms with Crippen molar-refractivity contribution in [2.24, 2.45) is 0 Å². The lowest BCUT2D eigenvalue weighted by molar-refractivity contribution is 0.0593. The fourth-order valence-corrected chi connectivity index (χ4v) is 1.33. The molecule has 0 aliphatic rings. The Hall–Kier alpha value is -2.50. The summed E-state index contributed by atoms with van der Waals surface area (Å²) in [6, 6.07) is 7.06. The Morgan fingerprint density at radius 1 is 1.22 bits per heavy atom. The summed E-state index contributed by atoms with van der Waals surface area (Å²) >= 11 is 0. The first-order chi connectivity index (χ1) is 8.79. The molecule has 0 bridgehead atoms. The average Bonchev–Trinajstić information content (AvgIpc) is 2.46. The van der Waals surface area contributed by atoms with Crippen LogP contribution in [0, 0.1) is 0 Å². The molecule has 92 valence electrons. The normalized spacial score (nSPS) is 9.83. The monoisotopic (exact) mass is 244 g/mol. The molecule has 0 aliphatic carbocycles. The number of hydrogen-bond donors (Lipinski definition) is 1. The average molecular weight is 244 g/mol. The standard InChI is InChI=1S/C12H12N4O2/c1-18-12(17)10-2-3-11(16-15-10)14-8-9-4-6-13-7-5-9/h2-7H,8H2,1H3,(H,14,16). The van der Waals surface area contributed by atoms with E-state index in [0.29, 0.717) is 12.4 Å². The first-order valence-corrected chi connectivity index (χ1v) is 5.34. The topological polar surface area (TPSA) is 77.0 Å². The number of carbonyl (C=O) groups excluding carboxylic acids is 1. The van der Waals surface area contributed by atoms with E-state index in [4.69, 9.17) is 0 Å². The fraction of sp³-hybridized carbons (Fsp3) is 0.167. The molecule has 0 radical (unpaired) electrons. The molecular weight excluding hydrogens is 232 g/mol. The van der Waals surface area contributed by atoms with Crippen molar-refractivity contribution < 1.29 is 9.53 Å². The molecule has 18 heavy (non-hydrogen) atoms. The van der Waals surface area contributed by atoms with Gasteiger partial charge in [-0.05, 0) is 29.8 Å². The van der Waals surface area contributed by atoms with Crippen LogP contribution in [0.4, 0.5) is 5.82 Å². The first kappa shape index (κ1) is 12.0. The Kier molecular flexibility index (Phi) is 3.80. The van der Waals surface area contributed by atoms with Gasteiger partial charge >= 0.3 is 5.97 Å². The van der Waals surface area contributed by atoms with Crippen molar-refractivity contribution in [2.45, 2.75) is 6.54 Å². The second-order valence-corrected chi connectivity index (χ2v) is 3.50. The largest absolute Gasteiger partial charge is 0.464 e. The molecule has 0 atom stereocenters. The maximum Gasteiger partial charge on any atom is 0.358 e. The lowest BCUT2D eigenvalue weighted by atomic mass is 10.3. The number of carbonyl (C=O) groups is 1. The molecule has 0 saturated heterocycles. The molecule has 0 amide bonds. The molecular formula is C12H12N4O2. The minimum absolute atomic E-state index is 0.187. The number of anilines is 1. The van der Waals surface area contributed by atoms with E-state index in [-0.39, 0.29) is 5.69 Å². The molecule has 0 spiro atoms. The van der Waals surface area contributed by atoms with Crippen LogP contribution in [-0.2, 0) is 11.3 Å². The van der Waals surface area contributed by atoms with Crippen LogP contribution in [0.15, 0.2) is 36.7 Å². The van der Waals surface area contributed by atoms with Gasteiger partial charge < -0.3 is 10.1 Å². The Morgan fingerprint density at radius 2 is 2.00 bits per heavy atom. The van der Waals surface area contributed by atoms with Crippen molar-refractivity contribution in [1.82, 2.24) is 15.2 Å². The van der Waals surface area contributed by atoms with Crippen LogP contribution in [0.25, 0.3) is 0 Å². The minimum Gasteiger partial charge on any atom is -0.464 e. The zero-order valence-corrected chi connectivity index (χ0v) is 9.83. The highest BCUT2D eigenvalue weighted by Gasteiger charge is 2.07. The fourth-order valence-electron chi connectivity index (χ4n) is 1.33. The maximum atomic E-state index is 11.2. The zero-order valence-electron chi connectivity index (χ0n) is 9.83. The van der Waals surface area contributed by atoms with E-state index >= 15 is 0 Å². The number of esters is 1. The van der Waals surface area contributed by atoms with E-state index in [9.17, 15) is 4.79 Å². The summed E-state index contributed by atoms with van der Waals surface area (Å²) in [5.74, 6) is 0.0997. The third-order valence-electron chi connectivity index (χ3n) is 2.28. The number of ether oxygens (including phenoxy) is 1. The van der Waals surface area contributed by atoms with Crippen LogP contribution >= 0.6 is 0 Å². The van der Waals surface area contributed by atoms with Crippen LogP contribution in [0.3, 0.4) is 0 Å². The molecule has 6 nitrogen and oxygen atoms in total. The third-order valence-corrected chi connectivity index (χ3v) is 2.28. The van der Waals surface area contributed by atoms with Crippen molar-refractivity contribution in [1.29, 1.82) is 0 Å². The Balaban J connectivity index is 1.97. The van der Waals surface area contributed by atoms with Gasteiger partial charge in [0.1, 0.15) is 5.82 Å². The number of aromatic nitrogens is 3. The number of rotatable bonds is 4.